The summed E-state index contributed by atoms with van der Waals surface area (Å²) in [7, 11) is 1.60. The fraction of sp³-hybridized carbons (Fsp3) is 0.227. The van der Waals surface area contributed by atoms with E-state index in [0.717, 1.165) is 16.0 Å². The molecule has 2 heterocycles. The van der Waals surface area contributed by atoms with Gasteiger partial charge in [-0.15, -0.1) is 0 Å². The minimum Gasteiger partial charge on any atom is -0.497 e. The Morgan fingerprint density at radius 1 is 1.17 bits per heavy atom. The molecule has 0 bridgehead atoms. The highest BCUT2D eigenvalue weighted by molar-refractivity contribution is 7.22. The Kier molecular flexibility index (Phi) is 5.94. The maximum atomic E-state index is 13.4. The number of methoxy groups -OCH3 is 1. The van der Waals surface area contributed by atoms with E-state index in [1.807, 2.05) is 37.4 Å². The Hall–Kier alpha value is -3.39. The van der Waals surface area contributed by atoms with Crippen molar-refractivity contribution < 1.29 is 14.3 Å². The fourth-order valence-corrected chi connectivity index (χ4v) is 4.12. The van der Waals surface area contributed by atoms with E-state index in [0.29, 0.717) is 36.1 Å². The third kappa shape index (κ3) is 4.13. The lowest BCUT2D eigenvalue weighted by molar-refractivity contribution is 0.0985. The first kappa shape index (κ1) is 19.9. The summed E-state index contributed by atoms with van der Waals surface area (Å²) in [6, 6.07) is 14.8. The number of anilines is 1. The molecule has 0 saturated heterocycles. The second-order valence-electron chi connectivity index (χ2n) is 6.49. The first-order valence-corrected chi connectivity index (χ1v) is 10.5. The minimum absolute atomic E-state index is 0.123. The average Bonchev–Trinajstić information content (AvgIpc) is 3.44. The lowest BCUT2D eigenvalue weighted by atomic mass is 10.2. The predicted octanol–water partition coefficient (Wildman–Crippen LogP) is 4.25. The molecule has 4 rings (SSSR count). The summed E-state index contributed by atoms with van der Waals surface area (Å²) < 4.78 is 13.7. The second-order valence-corrected chi connectivity index (χ2v) is 7.50. The lowest BCUT2D eigenvalue weighted by Gasteiger charge is -2.20. The van der Waals surface area contributed by atoms with Gasteiger partial charge in [-0.2, -0.15) is 5.10 Å². The molecule has 2 aromatic carbocycles. The topological polar surface area (TPSA) is 69.5 Å². The molecule has 8 heteroatoms. The first-order chi connectivity index (χ1) is 14.7. The number of hydrogen-bond acceptors (Lipinski definition) is 6. The lowest BCUT2D eigenvalue weighted by Crippen LogP contribution is -2.34. The molecule has 154 valence electrons. The van der Waals surface area contributed by atoms with Gasteiger partial charge in [-0.3, -0.25) is 14.4 Å². The smallest absolute Gasteiger partial charge is 0.260 e. The van der Waals surface area contributed by atoms with Crippen LogP contribution in [0, 0.1) is 0 Å². The van der Waals surface area contributed by atoms with Crippen LogP contribution in [-0.4, -0.2) is 40.9 Å². The summed E-state index contributed by atoms with van der Waals surface area (Å²) in [4.78, 5) is 19.8. The van der Waals surface area contributed by atoms with Crippen molar-refractivity contribution in [1.82, 2.24) is 14.8 Å². The second kappa shape index (κ2) is 8.96. The molecule has 0 fully saturated rings. The van der Waals surface area contributed by atoms with Crippen LogP contribution in [-0.2, 0) is 6.54 Å². The summed E-state index contributed by atoms with van der Waals surface area (Å²) >= 11 is 1.47. The number of benzene rings is 2. The summed E-state index contributed by atoms with van der Waals surface area (Å²) in [5.41, 5.74) is 1.34. The molecule has 0 aliphatic carbocycles. The maximum Gasteiger partial charge on any atom is 0.260 e. The number of carbonyl (C=O) groups is 1. The van der Waals surface area contributed by atoms with E-state index in [9.17, 15) is 4.79 Å². The van der Waals surface area contributed by atoms with Gasteiger partial charge in [0.2, 0.25) is 0 Å². The maximum absolute atomic E-state index is 13.4. The van der Waals surface area contributed by atoms with E-state index < -0.39 is 0 Å². The van der Waals surface area contributed by atoms with Crippen molar-refractivity contribution in [3.8, 4) is 11.5 Å². The van der Waals surface area contributed by atoms with E-state index in [1.165, 1.54) is 11.3 Å². The molecule has 30 heavy (non-hydrogen) atoms. The molecule has 1 amide bonds. The monoisotopic (exact) mass is 422 g/mol. The SMILES string of the molecule is CCOc1cccc2sc(N(CCn3cccn3)C(=O)c3ccc(OC)cc3)nc12. The Bertz CT molecular complexity index is 1120. The van der Waals surface area contributed by atoms with Crippen molar-refractivity contribution in [2.45, 2.75) is 13.5 Å². The molecule has 0 spiro atoms. The van der Waals surface area contributed by atoms with Crippen molar-refractivity contribution >= 4 is 32.6 Å². The number of ether oxygens (including phenoxy) is 2. The van der Waals surface area contributed by atoms with Crippen LogP contribution in [0.25, 0.3) is 10.2 Å². The molecular formula is C22H22N4O3S. The third-order valence-corrected chi connectivity index (χ3v) is 5.64. The van der Waals surface area contributed by atoms with E-state index in [4.69, 9.17) is 14.5 Å². The Morgan fingerprint density at radius 3 is 2.70 bits per heavy atom. The molecule has 4 aromatic rings. The molecule has 0 radical (unpaired) electrons. The van der Waals surface area contributed by atoms with Crippen LogP contribution < -0.4 is 14.4 Å². The van der Waals surface area contributed by atoms with Gasteiger partial charge in [-0.05, 0) is 49.4 Å². The van der Waals surface area contributed by atoms with Crippen molar-refractivity contribution in [2.24, 2.45) is 0 Å². The Balaban J connectivity index is 1.69. The Morgan fingerprint density at radius 2 is 2.00 bits per heavy atom. The number of thiazole rings is 1. The van der Waals surface area contributed by atoms with Gasteiger partial charge in [0.05, 0.1) is 25.0 Å². The normalized spacial score (nSPS) is 10.9. The Labute approximate surface area is 178 Å². The van der Waals surface area contributed by atoms with Gasteiger partial charge >= 0.3 is 0 Å². The standard InChI is InChI=1S/C22H22N4O3S/c1-3-29-18-6-4-7-19-20(18)24-22(30-19)26(15-14-25-13-5-12-23-25)21(27)16-8-10-17(28-2)11-9-16/h4-13H,3,14-15H2,1-2H3. The zero-order chi connectivity index (χ0) is 20.9. The molecule has 0 atom stereocenters. The van der Waals surface area contributed by atoms with Crippen molar-refractivity contribution in [2.75, 3.05) is 25.2 Å². The third-order valence-electron chi connectivity index (χ3n) is 4.60. The molecule has 0 unspecified atom stereocenters. The van der Waals surface area contributed by atoms with E-state index >= 15 is 0 Å². The molecule has 0 aliphatic rings. The highest BCUT2D eigenvalue weighted by Gasteiger charge is 2.22. The zero-order valence-electron chi connectivity index (χ0n) is 16.8. The molecule has 0 N–H and O–H groups in total. The number of aromatic nitrogens is 3. The van der Waals surface area contributed by atoms with E-state index in [2.05, 4.69) is 5.10 Å². The number of fused-ring (bicyclic) bond motifs is 1. The summed E-state index contributed by atoms with van der Waals surface area (Å²) in [5.74, 6) is 1.30. The highest BCUT2D eigenvalue weighted by atomic mass is 32.1. The van der Waals surface area contributed by atoms with Crippen LogP contribution in [0.3, 0.4) is 0 Å². The molecule has 2 aromatic heterocycles. The minimum atomic E-state index is -0.123. The molecular weight excluding hydrogens is 400 g/mol. The molecule has 7 nitrogen and oxygen atoms in total. The van der Waals surface area contributed by atoms with Crippen LogP contribution in [0.5, 0.6) is 11.5 Å². The number of hydrogen-bond donors (Lipinski definition) is 0. The van der Waals surface area contributed by atoms with Crippen LogP contribution in [0.4, 0.5) is 5.13 Å². The van der Waals surface area contributed by atoms with E-state index in [1.54, 1.807) is 47.2 Å². The predicted molar refractivity (Wildman–Crippen MR) is 118 cm³/mol. The number of carbonyl (C=O) groups excluding carboxylic acids is 1. The first-order valence-electron chi connectivity index (χ1n) is 9.65. The van der Waals surface area contributed by atoms with Gasteiger partial charge in [-0.25, -0.2) is 4.98 Å². The van der Waals surface area contributed by atoms with Gasteiger partial charge < -0.3 is 9.47 Å². The van der Waals surface area contributed by atoms with Crippen LogP contribution in [0.2, 0.25) is 0 Å². The van der Waals surface area contributed by atoms with Crippen LogP contribution >= 0.6 is 11.3 Å². The van der Waals surface area contributed by atoms with Crippen LogP contribution in [0.15, 0.2) is 60.9 Å². The van der Waals surface area contributed by atoms with Crippen molar-refractivity contribution in [3.63, 3.8) is 0 Å². The van der Waals surface area contributed by atoms with E-state index in [-0.39, 0.29) is 5.91 Å². The van der Waals surface area contributed by atoms with Crippen molar-refractivity contribution in [3.05, 3.63) is 66.5 Å². The number of amides is 1. The summed E-state index contributed by atoms with van der Waals surface area (Å²) in [6.45, 7) is 3.49. The fourth-order valence-electron chi connectivity index (χ4n) is 3.11. The van der Waals surface area contributed by atoms with Gasteiger partial charge in [0.25, 0.3) is 5.91 Å². The van der Waals surface area contributed by atoms with Gasteiger partial charge in [0.1, 0.15) is 17.0 Å². The zero-order valence-corrected chi connectivity index (χ0v) is 17.6. The van der Waals surface area contributed by atoms with Gasteiger partial charge in [-0.1, -0.05) is 17.4 Å². The average molecular weight is 423 g/mol. The van der Waals surface area contributed by atoms with Gasteiger partial charge in [0, 0.05) is 24.5 Å². The molecule has 0 saturated carbocycles. The van der Waals surface area contributed by atoms with Crippen molar-refractivity contribution in [1.29, 1.82) is 0 Å². The summed E-state index contributed by atoms with van der Waals surface area (Å²) in [6.07, 6.45) is 3.60. The molecule has 0 aliphatic heterocycles. The van der Waals surface area contributed by atoms with Gasteiger partial charge in [0.15, 0.2) is 5.13 Å². The van der Waals surface area contributed by atoms with Crippen LogP contribution in [0.1, 0.15) is 17.3 Å². The largest absolute Gasteiger partial charge is 0.497 e. The number of nitrogens with zero attached hydrogens (tertiary/aromatic N) is 4. The highest BCUT2D eigenvalue weighted by Crippen LogP contribution is 2.34. The quantitative estimate of drug-likeness (QED) is 0.425. The number of rotatable bonds is 8. The number of para-hydroxylation sites is 1. The summed E-state index contributed by atoms with van der Waals surface area (Å²) in [5, 5.41) is 4.87.